The van der Waals surface area contributed by atoms with Gasteiger partial charge in [-0.05, 0) is 61.1 Å². The van der Waals surface area contributed by atoms with Gasteiger partial charge in [-0.15, -0.1) is 0 Å². The van der Waals surface area contributed by atoms with Gasteiger partial charge in [0.25, 0.3) is 0 Å². The molecule has 1 aliphatic rings. The Morgan fingerprint density at radius 3 is 2.74 bits per heavy atom. The summed E-state index contributed by atoms with van der Waals surface area (Å²) in [6, 6.07) is 6.18. The summed E-state index contributed by atoms with van der Waals surface area (Å²) in [7, 11) is -3.81. The summed E-state index contributed by atoms with van der Waals surface area (Å²) in [4.78, 5) is 11.3. The van der Waals surface area contributed by atoms with E-state index in [1.54, 1.807) is 18.2 Å². The molecule has 0 saturated carbocycles. The molecule has 0 aliphatic heterocycles. The molecule has 0 radical (unpaired) electrons. The highest BCUT2D eigenvalue weighted by molar-refractivity contribution is 7.89. The van der Waals surface area contributed by atoms with Gasteiger partial charge in [0, 0.05) is 0 Å². The Kier molecular flexibility index (Phi) is 4.23. The molecule has 1 aromatic heterocycles. The number of aryl methyl sites for hydroxylation is 1. The number of nitrogens with one attached hydrogen (secondary N) is 1. The summed E-state index contributed by atoms with van der Waals surface area (Å²) in [5.41, 5.74) is 1.55. The molecule has 1 aromatic carbocycles. The van der Waals surface area contributed by atoms with E-state index in [4.69, 9.17) is 4.42 Å². The van der Waals surface area contributed by atoms with Gasteiger partial charge >= 0.3 is 5.97 Å². The van der Waals surface area contributed by atoms with Gasteiger partial charge in [-0.25, -0.2) is 17.9 Å². The molecule has 1 aliphatic carbocycles. The van der Waals surface area contributed by atoms with E-state index in [0.29, 0.717) is 18.6 Å². The number of fused-ring (bicyclic) bond motifs is 1. The maximum absolute atomic E-state index is 12.6. The molecule has 0 amide bonds. The predicted molar refractivity (Wildman–Crippen MR) is 82.8 cm³/mol. The first-order chi connectivity index (χ1) is 11.0. The molecule has 7 heteroatoms. The van der Waals surface area contributed by atoms with Crippen molar-refractivity contribution in [1.29, 1.82) is 0 Å². The van der Waals surface area contributed by atoms with Crippen LogP contribution in [0, 0.1) is 0 Å². The molecular weight excluding hydrogens is 318 g/mol. The lowest BCUT2D eigenvalue weighted by atomic mass is 9.90. The van der Waals surface area contributed by atoms with Crippen LogP contribution in [0.5, 0.6) is 0 Å². The number of furan rings is 1. The van der Waals surface area contributed by atoms with Crippen molar-refractivity contribution in [2.75, 3.05) is 0 Å². The van der Waals surface area contributed by atoms with E-state index >= 15 is 0 Å². The molecule has 2 aromatic rings. The zero-order valence-corrected chi connectivity index (χ0v) is 13.2. The van der Waals surface area contributed by atoms with E-state index < -0.39 is 16.0 Å². The summed E-state index contributed by atoms with van der Waals surface area (Å²) < 4.78 is 32.9. The van der Waals surface area contributed by atoms with Crippen LogP contribution in [-0.4, -0.2) is 19.5 Å². The highest BCUT2D eigenvalue weighted by Crippen LogP contribution is 2.29. The van der Waals surface area contributed by atoms with Crippen molar-refractivity contribution in [2.24, 2.45) is 0 Å². The molecule has 23 heavy (non-hydrogen) atoms. The van der Waals surface area contributed by atoms with Gasteiger partial charge < -0.3 is 9.52 Å². The predicted octanol–water partition coefficient (Wildman–Crippen LogP) is 2.34. The Morgan fingerprint density at radius 2 is 2.04 bits per heavy atom. The maximum Gasteiger partial charge on any atom is 0.335 e. The minimum atomic E-state index is -3.81. The van der Waals surface area contributed by atoms with Crippen molar-refractivity contribution in [3.63, 3.8) is 0 Å². The lowest BCUT2D eigenvalue weighted by Crippen LogP contribution is -2.25. The third-order valence-electron chi connectivity index (χ3n) is 3.98. The fourth-order valence-electron chi connectivity index (χ4n) is 2.85. The van der Waals surface area contributed by atoms with Crippen molar-refractivity contribution in [1.82, 2.24) is 4.72 Å². The third-order valence-corrected chi connectivity index (χ3v) is 5.44. The van der Waals surface area contributed by atoms with Crippen molar-refractivity contribution >= 4 is 16.0 Å². The second-order valence-corrected chi connectivity index (χ2v) is 7.26. The Bertz CT molecular complexity index is 824. The van der Waals surface area contributed by atoms with E-state index in [9.17, 15) is 18.3 Å². The first-order valence-corrected chi connectivity index (χ1v) is 8.87. The zero-order chi connectivity index (χ0) is 16.4. The van der Waals surface area contributed by atoms with Gasteiger partial charge in [0.2, 0.25) is 10.0 Å². The molecule has 0 spiro atoms. The van der Waals surface area contributed by atoms with Crippen LogP contribution >= 0.6 is 0 Å². The topological polar surface area (TPSA) is 96.6 Å². The first kappa shape index (κ1) is 15.8. The number of aromatic carboxylic acids is 1. The fraction of sp³-hybridized carbons (Fsp3) is 0.312. The van der Waals surface area contributed by atoms with Crippen molar-refractivity contribution in [2.45, 2.75) is 37.1 Å². The van der Waals surface area contributed by atoms with E-state index in [0.717, 1.165) is 24.0 Å². The number of carboxylic acid groups (broad SMARTS) is 1. The highest BCUT2D eigenvalue weighted by atomic mass is 32.2. The van der Waals surface area contributed by atoms with Crippen LogP contribution in [0.3, 0.4) is 0 Å². The molecule has 0 unspecified atom stereocenters. The number of carbonyl (C=O) groups is 1. The van der Waals surface area contributed by atoms with Crippen LogP contribution in [0.1, 0.15) is 40.1 Å². The molecule has 122 valence electrons. The summed E-state index contributed by atoms with van der Waals surface area (Å²) >= 11 is 0. The smallest absolute Gasteiger partial charge is 0.335 e. The van der Waals surface area contributed by atoms with E-state index in [1.807, 2.05) is 0 Å². The van der Waals surface area contributed by atoms with Crippen molar-refractivity contribution in [3.8, 4) is 0 Å². The van der Waals surface area contributed by atoms with Gasteiger partial charge in [0.15, 0.2) is 0 Å². The number of rotatable bonds is 5. The van der Waals surface area contributed by atoms with Crippen LogP contribution < -0.4 is 4.72 Å². The summed E-state index contributed by atoms with van der Waals surface area (Å²) in [5, 5.41) is 9.23. The monoisotopic (exact) mass is 335 g/mol. The standard InChI is InChI=1S/C16H17NO5S/c18-16(19)12-8-11-4-1-2-6-14(11)15(9-12)23(20,21)17-10-13-5-3-7-22-13/h3,5,7-9,17H,1-2,4,6,10H2,(H,18,19). The molecular formula is C16H17NO5S. The average Bonchev–Trinajstić information content (AvgIpc) is 3.05. The van der Waals surface area contributed by atoms with Crippen LogP contribution in [0.2, 0.25) is 0 Å². The van der Waals surface area contributed by atoms with Crippen molar-refractivity contribution < 1.29 is 22.7 Å². The zero-order valence-electron chi connectivity index (χ0n) is 12.4. The van der Waals surface area contributed by atoms with Gasteiger partial charge in [-0.3, -0.25) is 0 Å². The van der Waals surface area contributed by atoms with Crippen LogP contribution in [0.25, 0.3) is 0 Å². The van der Waals surface area contributed by atoms with E-state index in [1.165, 1.54) is 12.3 Å². The number of sulfonamides is 1. The number of carboxylic acids is 1. The summed E-state index contributed by atoms with van der Waals surface area (Å²) in [6.45, 7) is 0.0292. The van der Waals surface area contributed by atoms with Gasteiger partial charge in [0.1, 0.15) is 5.76 Å². The molecule has 3 rings (SSSR count). The number of benzene rings is 1. The molecule has 1 heterocycles. The van der Waals surface area contributed by atoms with Gasteiger partial charge in [-0.1, -0.05) is 0 Å². The Labute approximate surface area is 134 Å². The number of hydrogen-bond acceptors (Lipinski definition) is 4. The minimum Gasteiger partial charge on any atom is -0.478 e. The van der Waals surface area contributed by atoms with Gasteiger partial charge in [-0.2, -0.15) is 0 Å². The van der Waals surface area contributed by atoms with Crippen LogP contribution in [0.4, 0.5) is 0 Å². The Balaban J connectivity index is 1.99. The van der Waals surface area contributed by atoms with Crippen molar-refractivity contribution in [3.05, 3.63) is 53.0 Å². The molecule has 2 N–H and O–H groups in total. The third kappa shape index (κ3) is 3.30. The Hall–Kier alpha value is -2.12. The first-order valence-electron chi connectivity index (χ1n) is 7.38. The van der Waals surface area contributed by atoms with E-state index in [2.05, 4.69) is 4.72 Å². The molecule has 6 nitrogen and oxygen atoms in total. The lowest BCUT2D eigenvalue weighted by Gasteiger charge is -2.20. The molecule has 0 bridgehead atoms. The lowest BCUT2D eigenvalue weighted by molar-refractivity contribution is 0.0696. The van der Waals surface area contributed by atoms with Crippen LogP contribution in [0.15, 0.2) is 39.8 Å². The minimum absolute atomic E-state index is 0.00373. The second kappa shape index (κ2) is 6.17. The molecule has 0 atom stereocenters. The second-order valence-electron chi connectivity index (χ2n) is 5.53. The molecule has 0 fully saturated rings. The highest BCUT2D eigenvalue weighted by Gasteiger charge is 2.25. The largest absolute Gasteiger partial charge is 0.478 e. The van der Waals surface area contributed by atoms with Crippen LogP contribution in [-0.2, 0) is 29.4 Å². The SMILES string of the molecule is O=C(O)c1cc2c(c(S(=O)(=O)NCc3ccco3)c1)CCCC2. The average molecular weight is 335 g/mol. The maximum atomic E-state index is 12.6. The van der Waals surface area contributed by atoms with Gasteiger partial charge in [0.05, 0.1) is 23.3 Å². The fourth-order valence-corrected chi connectivity index (χ4v) is 4.17. The van der Waals surface area contributed by atoms with E-state index in [-0.39, 0.29) is 17.0 Å². The number of hydrogen-bond donors (Lipinski definition) is 2. The quantitative estimate of drug-likeness (QED) is 0.874. The molecule has 0 saturated heterocycles. The Morgan fingerprint density at radius 1 is 1.26 bits per heavy atom. The summed E-state index contributed by atoms with van der Waals surface area (Å²) in [6.07, 6.45) is 4.66. The summed E-state index contributed by atoms with van der Waals surface area (Å²) in [5.74, 6) is -0.627. The normalized spacial score (nSPS) is 14.4.